The van der Waals surface area contributed by atoms with Crippen molar-refractivity contribution >= 4 is 11.9 Å². The van der Waals surface area contributed by atoms with Crippen LogP contribution in [0.1, 0.15) is 55.4 Å². The van der Waals surface area contributed by atoms with Crippen LogP contribution >= 0.6 is 0 Å². The summed E-state index contributed by atoms with van der Waals surface area (Å²) in [7, 11) is 0. The molecule has 0 spiro atoms. The summed E-state index contributed by atoms with van der Waals surface area (Å²) in [4.78, 5) is 26.2. The van der Waals surface area contributed by atoms with Gasteiger partial charge in [0.05, 0.1) is 12.2 Å². The first-order valence-corrected chi connectivity index (χ1v) is 9.02. The molecule has 2 aliphatic rings. The molecule has 9 heteroatoms. The van der Waals surface area contributed by atoms with Crippen molar-refractivity contribution in [2.45, 2.75) is 64.6 Å². The first-order valence-electron chi connectivity index (χ1n) is 9.02. The zero-order valence-corrected chi connectivity index (χ0v) is 14.9. The Morgan fingerprint density at radius 1 is 1.31 bits per heavy atom. The Bertz CT molecular complexity index is 839. The number of aryl methyl sites for hydroxylation is 1. The van der Waals surface area contributed by atoms with E-state index in [0.717, 1.165) is 37.0 Å². The molecule has 1 fully saturated rings. The van der Waals surface area contributed by atoms with Gasteiger partial charge in [-0.05, 0) is 33.1 Å². The van der Waals surface area contributed by atoms with Crippen LogP contribution in [0, 0.1) is 0 Å². The fourth-order valence-electron chi connectivity index (χ4n) is 3.46. The fraction of sp³-hybridized carbons (Fsp3) is 0.588. The summed E-state index contributed by atoms with van der Waals surface area (Å²) in [5.74, 6) is 0.627. The van der Waals surface area contributed by atoms with Crippen LogP contribution in [0.5, 0.6) is 0 Å². The molecule has 0 saturated carbocycles. The summed E-state index contributed by atoms with van der Waals surface area (Å²) in [6, 6.07) is -0.827. The molecule has 1 saturated heterocycles. The van der Waals surface area contributed by atoms with Gasteiger partial charge >= 0.3 is 6.03 Å². The third-order valence-electron chi connectivity index (χ3n) is 4.95. The number of hydrogen-bond acceptors (Lipinski definition) is 6. The number of urea groups is 1. The number of carbonyl (C=O) groups is 2. The maximum Gasteiger partial charge on any atom is 0.325 e. The Kier molecular flexibility index (Phi) is 4.21. The first kappa shape index (κ1) is 16.7. The first-order chi connectivity index (χ1) is 12.5. The normalized spacial score (nSPS) is 20.0. The van der Waals surface area contributed by atoms with Gasteiger partial charge < -0.3 is 9.84 Å². The summed E-state index contributed by atoms with van der Waals surface area (Å²) < 4.78 is 7.11. The van der Waals surface area contributed by atoms with E-state index in [4.69, 9.17) is 4.52 Å². The van der Waals surface area contributed by atoms with E-state index in [1.807, 2.05) is 13.8 Å². The van der Waals surface area contributed by atoms with Crippen molar-refractivity contribution in [1.82, 2.24) is 30.4 Å². The molecule has 3 heterocycles. The molecule has 1 aliphatic heterocycles. The molecular weight excluding hydrogens is 336 g/mol. The second-order valence-corrected chi connectivity index (χ2v) is 7.15. The number of nitrogens with zero attached hydrogens (tertiary/aromatic N) is 5. The number of imide groups is 1. The number of rotatable bonds is 5. The molecule has 1 N–H and O–H groups in total. The molecule has 4 rings (SSSR count). The smallest absolute Gasteiger partial charge is 0.325 e. The van der Waals surface area contributed by atoms with Crippen LogP contribution in [0.4, 0.5) is 4.79 Å². The van der Waals surface area contributed by atoms with E-state index in [-0.39, 0.29) is 18.5 Å². The van der Waals surface area contributed by atoms with E-state index in [9.17, 15) is 9.59 Å². The Morgan fingerprint density at radius 2 is 2.12 bits per heavy atom. The monoisotopic (exact) mass is 358 g/mol. The molecule has 0 radical (unpaired) electrons. The van der Waals surface area contributed by atoms with Crippen molar-refractivity contribution in [3.05, 3.63) is 28.9 Å². The predicted molar refractivity (Wildman–Crippen MR) is 90.1 cm³/mol. The van der Waals surface area contributed by atoms with E-state index >= 15 is 0 Å². The number of amides is 3. The zero-order chi connectivity index (χ0) is 18.3. The van der Waals surface area contributed by atoms with Gasteiger partial charge in [-0.15, -0.1) is 5.10 Å². The van der Waals surface area contributed by atoms with Gasteiger partial charge in [0.15, 0.2) is 0 Å². The van der Waals surface area contributed by atoms with Crippen LogP contribution < -0.4 is 5.32 Å². The second kappa shape index (κ2) is 6.54. The van der Waals surface area contributed by atoms with Gasteiger partial charge in [0.2, 0.25) is 0 Å². The van der Waals surface area contributed by atoms with Crippen molar-refractivity contribution in [2.75, 3.05) is 0 Å². The van der Waals surface area contributed by atoms with Gasteiger partial charge in [-0.2, -0.15) is 0 Å². The van der Waals surface area contributed by atoms with Crippen LogP contribution in [0.3, 0.4) is 0 Å². The van der Waals surface area contributed by atoms with Crippen molar-refractivity contribution in [3.8, 4) is 0 Å². The average Bonchev–Trinajstić information content (AvgIpc) is 3.31. The number of carbonyl (C=O) groups excluding carboxylic acids is 2. The Balaban J connectivity index is 1.46. The van der Waals surface area contributed by atoms with Crippen molar-refractivity contribution in [2.24, 2.45) is 0 Å². The maximum atomic E-state index is 12.7. The lowest BCUT2D eigenvalue weighted by atomic mass is 9.96. The summed E-state index contributed by atoms with van der Waals surface area (Å²) in [6.07, 6.45) is 6.06. The van der Waals surface area contributed by atoms with Crippen LogP contribution in [0.2, 0.25) is 0 Å². The highest BCUT2D eigenvalue weighted by Crippen LogP contribution is 2.26. The third-order valence-corrected chi connectivity index (χ3v) is 4.95. The summed E-state index contributed by atoms with van der Waals surface area (Å²) in [5, 5.41) is 14.9. The van der Waals surface area contributed by atoms with Gasteiger partial charge in [0.25, 0.3) is 5.91 Å². The quantitative estimate of drug-likeness (QED) is 0.810. The fourth-order valence-corrected chi connectivity index (χ4v) is 3.46. The molecule has 0 aromatic carbocycles. The van der Waals surface area contributed by atoms with Gasteiger partial charge in [-0.1, -0.05) is 10.4 Å². The highest BCUT2D eigenvalue weighted by Gasteiger charge is 2.39. The number of hydrogen-bond donors (Lipinski definition) is 1. The molecule has 2 aromatic heterocycles. The van der Waals surface area contributed by atoms with Gasteiger partial charge in [0.1, 0.15) is 17.5 Å². The Labute approximate surface area is 150 Å². The van der Waals surface area contributed by atoms with Crippen LogP contribution in [-0.4, -0.2) is 43.0 Å². The van der Waals surface area contributed by atoms with E-state index in [2.05, 4.69) is 20.8 Å². The summed E-state index contributed by atoms with van der Waals surface area (Å²) in [6.45, 7) is 4.15. The lowest BCUT2D eigenvalue weighted by molar-refractivity contribution is -0.127. The molecule has 1 aliphatic carbocycles. The van der Waals surface area contributed by atoms with Gasteiger partial charge in [-0.25, -0.2) is 9.48 Å². The average molecular weight is 358 g/mol. The zero-order valence-electron chi connectivity index (χ0n) is 14.9. The topological polar surface area (TPSA) is 106 Å². The van der Waals surface area contributed by atoms with Gasteiger partial charge in [-0.3, -0.25) is 9.69 Å². The highest BCUT2D eigenvalue weighted by molar-refractivity contribution is 6.04. The minimum atomic E-state index is -0.623. The number of fused-ring (bicyclic) bond motifs is 1. The lowest BCUT2D eigenvalue weighted by Gasteiger charge is -2.13. The van der Waals surface area contributed by atoms with E-state index in [0.29, 0.717) is 17.8 Å². The molecule has 138 valence electrons. The highest BCUT2D eigenvalue weighted by atomic mass is 16.5. The largest absolute Gasteiger partial charge is 0.361 e. The molecule has 26 heavy (non-hydrogen) atoms. The standard InChI is InChI=1S/C17H22N6O3/c1-10(2)23-8-11(19-21-23)7-13-16(24)22(17(25)18-13)9-14-12-5-3-4-6-15(12)26-20-14/h8,10,13H,3-7,9H2,1-2H3,(H,18,25)/t13-/m0/s1. The number of aromatic nitrogens is 4. The van der Waals surface area contributed by atoms with E-state index < -0.39 is 12.1 Å². The predicted octanol–water partition coefficient (Wildman–Crippen LogP) is 1.39. The summed E-state index contributed by atoms with van der Waals surface area (Å²) >= 11 is 0. The maximum absolute atomic E-state index is 12.7. The Morgan fingerprint density at radius 3 is 2.88 bits per heavy atom. The minimum Gasteiger partial charge on any atom is -0.361 e. The third kappa shape index (κ3) is 2.97. The SMILES string of the molecule is CC(C)n1cc(C[C@@H]2NC(=O)N(Cc3noc4c3CCCC4)C2=O)nn1. The van der Waals surface area contributed by atoms with E-state index in [1.54, 1.807) is 10.9 Å². The molecule has 1 atom stereocenters. The molecular formula is C17H22N6O3. The number of nitrogens with one attached hydrogen (secondary N) is 1. The van der Waals surface area contributed by atoms with Gasteiger partial charge in [0, 0.05) is 30.6 Å². The van der Waals surface area contributed by atoms with Crippen LogP contribution in [0.15, 0.2) is 10.7 Å². The Hall–Kier alpha value is -2.71. The molecule has 3 amide bonds. The molecule has 0 unspecified atom stereocenters. The summed E-state index contributed by atoms with van der Waals surface area (Å²) in [5.41, 5.74) is 2.42. The van der Waals surface area contributed by atoms with Crippen molar-refractivity contribution in [1.29, 1.82) is 0 Å². The lowest BCUT2D eigenvalue weighted by Crippen LogP contribution is -2.32. The minimum absolute atomic E-state index is 0.151. The van der Waals surface area contributed by atoms with Crippen LogP contribution in [-0.2, 0) is 30.6 Å². The van der Waals surface area contributed by atoms with Crippen LogP contribution in [0.25, 0.3) is 0 Å². The molecule has 9 nitrogen and oxygen atoms in total. The van der Waals surface area contributed by atoms with Crippen molar-refractivity contribution < 1.29 is 14.1 Å². The van der Waals surface area contributed by atoms with Crippen molar-refractivity contribution in [3.63, 3.8) is 0 Å². The molecule has 2 aromatic rings. The molecule has 0 bridgehead atoms. The second-order valence-electron chi connectivity index (χ2n) is 7.15. The van der Waals surface area contributed by atoms with E-state index in [1.165, 1.54) is 4.90 Å².